The molecular weight excluding hydrogens is 394 g/mol. The molecule has 2 fully saturated rings. The van der Waals surface area contributed by atoms with Gasteiger partial charge in [-0.05, 0) is 44.0 Å². The SMILES string of the molecule is CC1(C)O[C@@H]2[C@H](O1)[C@@H](C(O)c1ccc(F)c(F)c1)C[C@H]2Nc1ncnc2[nH]ccc12. The summed E-state index contributed by atoms with van der Waals surface area (Å²) in [5.41, 5.74) is 1.02. The number of aromatic amines is 1. The maximum Gasteiger partial charge on any atom is 0.163 e. The molecule has 7 nitrogen and oxygen atoms in total. The molecule has 30 heavy (non-hydrogen) atoms. The van der Waals surface area contributed by atoms with Gasteiger partial charge in [0.25, 0.3) is 0 Å². The van der Waals surface area contributed by atoms with Crippen LogP contribution in [0.25, 0.3) is 11.0 Å². The molecule has 3 N–H and O–H groups in total. The van der Waals surface area contributed by atoms with Crippen molar-refractivity contribution in [3.8, 4) is 0 Å². The number of H-pyrrole nitrogens is 1. The van der Waals surface area contributed by atoms with E-state index in [0.717, 1.165) is 17.5 Å². The number of nitrogens with one attached hydrogen (secondary N) is 2. The second kappa shape index (κ2) is 6.97. The predicted octanol–water partition coefficient (Wildman–Crippen LogP) is 3.29. The van der Waals surface area contributed by atoms with E-state index in [1.54, 1.807) is 6.20 Å². The fourth-order valence-corrected chi connectivity index (χ4v) is 4.58. The number of hydrogen-bond acceptors (Lipinski definition) is 6. The van der Waals surface area contributed by atoms with Gasteiger partial charge in [-0.3, -0.25) is 0 Å². The number of aromatic nitrogens is 3. The first-order chi connectivity index (χ1) is 14.3. The monoisotopic (exact) mass is 416 g/mol. The summed E-state index contributed by atoms with van der Waals surface area (Å²) in [6.45, 7) is 3.64. The molecule has 158 valence electrons. The van der Waals surface area contributed by atoms with E-state index in [9.17, 15) is 13.9 Å². The van der Waals surface area contributed by atoms with Gasteiger partial charge in [0.1, 0.15) is 23.9 Å². The van der Waals surface area contributed by atoms with E-state index in [1.807, 2.05) is 19.9 Å². The maximum atomic E-state index is 13.7. The summed E-state index contributed by atoms with van der Waals surface area (Å²) in [5, 5.41) is 15.3. The van der Waals surface area contributed by atoms with Crippen molar-refractivity contribution in [1.29, 1.82) is 0 Å². The van der Waals surface area contributed by atoms with E-state index in [2.05, 4.69) is 20.3 Å². The van der Waals surface area contributed by atoms with Gasteiger partial charge in [-0.1, -0.05) is 6.07 Å². The minimum atomic E-state index is -1.03. The Balaban J connectivity index is 1.45. The number of rotatable bonds is 4. The molecule has 3 aromatic rings. The van der Waals surface area contributed by atoms with Crippen molar-refractivity contribution in [2.24, 2.45) is 5.92 Å². The number of halogens is 2. The number of nitrogens with zero attached hydrogens (tertiary/aromatic N) is 2. The van der Waals surface area contributed by atoms with E-state index in [0.29, 0.717) is 23.4 Å². The topological polar surface area (TPSA) is 92.3 Å². The van der Waals surface area contributed by atoms with Crippen LogP contribution in [0, 0.1) is 17.6 Å². The van der Waals surface area contributed by atoms with Crippen molar-refractivity contribution >= 4 is 16.9 Å². The van der Waals surface area contributed by atoms with Gasteiger partial charge in [-0.2, -0.15) is 0 Å². The largest absolute Gasteiger partial charge is 0.388 e. The molecule has 0 bridgehead atoms. The van der Waals surface area contributed by atoms with Gasteiger partial charge in [0.15, 0.2) is 17.4 Å². The van der Waals surface area contributed by atoms with Crippen LogP contribution in [0.2, 0.25) is 0 Å². The fraction of sp³-hybridized carbons (Fsp3) is 0.429. The highest BCUT2D eigenvalue weighted by Crippen LogP contribution is 2.47. The molecule has 1 unspecified atom stereocenters. The second-order valence-electron chi connectivity index (χ2n) is 8.30. The molecule has 3 heterocycles. The van der Waals surface area contributed by atoms with Crippen LogP contribution in [0.5, 0.6) is 0 Å². The van der Waals surface area contributed by atoms with Gasteiger partial charge in [0.05, 0.1) is 23.6 Å². The van der Waals surface area contributed by atoms with Crippen LogP contribution in [-0.4, -0.2) is 44.1 Å². The zero-order valence-electron chi connectivity index (χ0n) is 16.5. The lowest BCUT2D eigenvalue weighted by atomic mass is 9.92. The average Bonchev–Trinajstić information content (AvgIpc) is 3.38. The molecule has 1 aliphatic heterocycles. The highest BCUT2D eigenvalue weighted by molar-refractivity contribution is 5.86. The van der Waals surface area contributed by atoms with Crippen LogP contribution in [0.1, 0.15) is 31.9 Å². The van der Waals surface area contributed by atoms with Crippen LogP contribution in [-0.2, 0) is 9.47 Å². The second-order valence-corrected chi connectivity index (χ2v) is 8.30. The number of hydrogen-bond donors (Lipinski definition) is 3. The third-order valence-electron chi connectivity index (χ3n) is 5.88. The van der Waals surface area contributed by atoms with Gasteiger partial charge in [-0.15, -0.1) is 0 Å². The first kappa shape index (κ1) is 19.3. The fourth-order valence-electron chi connectivity index (χ4n) is 4.58. The molecule has 1 saturated heterocycles. The van der Waals surface area contributed by atoms with Gasteiger partial charge in [-0.25, -0.2) is 18.7 Å². The van der Waals surface area contributed by atoms with E-state index < -0.39 is 29.6 Å². The lowest BCUT2D eigenvalue weighted by Gasteiger charge is -2.26. The standard InChI is InChI=1S/C21H22F2N4O3/c1-21(2)29-17-12(16(28)10-3-4-13(22)14(23)7-10)8-15(18(17)30-21)27-20-11-5-6-24-19(11)25-9-26-20/h3-7,9,12,15-18,28H,8H2,1-2H3,(H2,24,25,26,27)/t12-,15-,16?,17-,18+/m1/s1. The molecular formula is C21H22F2N4O3. The molecule has 5 rings (SSSR count). The highest BCUT2D eigenvalue weighted by Gasteiger charge is 2.56. The first-order valence-corrected chi connectivity index (χ1v) is 9.86. The number of ether oxygens (including phenoxy) is 2. The summed E-state index contributed by atoms with van der Waals surface area (Å²) in [5.74, 6) is -2.48. The molecule has 0 radical (unpaired) electrons. The van der Waals surface area contributed by atoms with Crippen LogP contribution in [0.3, 0.4) is 0 Å². The highest BCUT2D eigenvalue weighted by atomic mass is 19.2. The lowest BCUT2D eigenvalue weighted by molar-refractivity contribution is -0.162. The summed E-state index contributed by atoms with van der Waals surface area (Å²) in [6.07, 6.45) is 1.97. The minimum absolute atomic E-state index is 0.199. The zero-order chi connectivity index (χ0) is 21.0. The van der Waals surface area contributed by atoms with Crippen molar-refractivity contribution in [2.75, 3.05) is 5.32 Å². The first-order valence-electron chi connectivity index (χ1n) is 9.86. The molecule has 0 amide bonds. The molecule has 2 aromatic heterocycles. The van der Waals surface area contributed by atoms with E-state index in [1.165, 1.54) is 12.4 Å². The van der Waals surface area contributed by atoms with Crippen molar-refractivity contribution in [3.63, 3.8) is 0 Å². The van der Waals surface area contributed by atoms with Crippen LogP contribution >= 0.6 is 0 Å². The third kappa shape index (κ3) is 3.23. The lowest BCUT2D eigenvalue weighted by Crippen LogP contribution is -2.34. The Bertz CT molecular complexity index is 1090. The quantitative estimate of drug-likeness (QED) is 0.605. The molecule has 5 atom stereocenters. The van der Waals surface area contributed by atoms with Crippen LogP contribution < -0.4 is 5.32 Å². The zero-order valence-corrected chi connectivity index (χ0v) is 16.5. The van der Waals surface area contributed by atoms with Crippen molar-refractivity contribution in [1.82, 2.24) is 15.0 Å². The van der Waals surface area contributed by atoms with Crippen LogP contribution in [0.15, 0.2) is 36.8 Å². The van der Waals surface area contributed by atoms with Crippen molar-refractivity contribution < 1.29 is 23.4 Å². The van der Waals surface area contributed by atoms with Gasteiger partial charge in [0, 0.05) is 12.1 Å². The molecule has 1 aromatic carbocycles. The number of anilines is 1. The van der Waals surface area contributed by atoms with E-state index in [-0.39, 0.29) is 18.1 Å². The molecule has 1 saturated carbocycles. The minimum Gasteiger partial charge on any atom is -0.388 e. The summed E-state index contributed by atoms with van der Waals surface area (Å²) in [7, 11) is 0. The Labute approximate surface area is 171 Å². The molecule has 0 spiro atoms. The summed E-state index contributed by atoms with van der Waals surface area (Å²) in [6, 6.07) is 5.14. The number of aliphatic hydroxyl groups is 1. The summed E-state index contributed by atoms with van der Waals surface area (Å²) < 4.78 is 39.3. The van der Waals surface area contributed by atoms with E-state index >= 15 is 0 Å². The Morgan fingerprint density at radius 1 is 1.17 bits per heavy atom. The molecule has 2 aliphatic rings. The van der Waals surface area contributed by atoms with Crippen LogP contribution in [0.4, 0.5) is 14.6 Å². The Morgan fingerprint density at radius 2 is 1.97 bits per heavy atom. The molecule has 9 heteroatoms. The van der Waals surface area contributed by atoms with Crippen molar-refractivity contribution in [2.45, 2.75) is 50.4 Å². The maximum absolute atomic E-state index is 13.7. The smallest absolute Gasteiger partial charge is 0.163 e. The summed E-state index contributed by atoms with van der Waals surface area (Å²) in [4.78, 5) is 11.6. The number of benzene rings is 1. The molecule has 1 aliphatic carbocycles. The Morgan fingerprint density at radius 3 is 2.77 bits per heavy atom. The third-order valence-corrected chi connectivity index (χ3v) is 5.88. The van der Waals surface area contributed by atoms with Crippen molar-refractivity contribution in [3.05, 3.63) is 54.0 Å². The van der Waals surface area contributed by atoms with Gasteiger partial charge in [0.2, 0.25) is 0 Å². The predicted molar refractivity (Wildman–Crippen MR) is 105 cm³/mol. The number of fused-ring (bicyclic) bond motifs is 2. The number of aliphatic hydroxyl groups excluding tert-OH is 1. The Hall–Kier alpha value is -2.62. The van der Waals surface area contributed by atoms with E-state index in [4.69, 9.17) is 9.47 Å². The normalized spacial score (nSPS) is 28.6. The Kier molecular flexibility index (Phi) is 4.49. The van der Waals surface area contributed by atoms with Gasteiger partial charge >= 0.3 is 0 Å². The summed E-state index contributed by atoms with van der Waals surface area (Å²) >= 11 is 0. The van der Waals surface area contributed by atoms with Gasteiger partial charge < -0.3 is 24.9 Å². The average molecular weight is 416 g/mol.